The van der Waals surface area contributed by atoms with Gasteiger partial charge in [-0.1, -0.05) is 22.6 Å². The van der Waals surface area contributed by atoms with Gasteiger partial charge in [0.1, 0.15) is 28.1 Å². The molecule has 44 heavy (non-hydrogen) atoms. The number of nitrogen functional groups attached to an aromatic ring is 1. The average Bonchev–Trinajstić information content (AvgIpc) is 3.61. The summed E-state index contributed by atoms with van der Waals surface area (Å²) in [5.41, 5.74) is 6.49. The maximum Gasteiger partial charge on any atom is 0.490 e. The molecule has 0 radical (unpaired) electrons. The molecule has 228 valence electrons. The van der Waals surface area contributed by atoms with Crippen LogP contribution in [0.5, 0.6) is 5.75 Å². The van der Waals surface area contributed by atoms with E-state index in [1.165, 1.54) is 19.2 Å². The lowest BCUT2D eigenvalue weighted by Gasteiger charge is -2.09. The second kappa shape index (κ2) is 13.1. The molecular formula is C26H18F5N7O5S. The molecule has 0 atom stereocenters. The number of hydrogen-bond donors (Lipinski definition) is 4. The van der Waals surface area contributed by atoms with Crippen molar-refractivity contribution in [3.05, 3.63) is 78.1 Å². The van der Waals surface area contributed by atoms with Gasteiger partial charge in [-0.05, 0) is 36.4 Å². The van der Waals surface area contributed by atoms with E-state index in [4.69, 9.17) is 24.9 Å². The molecule has 2 aromatic carbocycles. The smallest absolute Gasteiger partial charge is 0.490 e. The number of thiazole rings is 1. The fourth-order valence-corrected chi connectivity index (χ4v) is 4.13. The first kappa shape index (κ1) is 31.3. The minimum Gasteiger partial charge on any atom is -0.497 e. The predicted molar refractivity (Wildman–Crippen MR) is 147 cm³/mol. The molecule has 0 saturated carbocycles. The van der Waals surface area contributed by atoms with Gasteiger partial charge in [0.05, 0.1) is 30.2 Å². The molecule has 12 nitrogen and oxygen atoms in total. The summed E-state index contributed by atoms with van der Waals surface area (Å²) >= 11 is 1.14. The Balaban J connectivity index is 0.000000566. The Morgan fingerprint density at radius 2 is 1.82 bits per heavy atom. The summed E-state index contributed by atoms with van der Waals surface area (Å²) in [6, 6.07) is 11.6. The minimum absolute atomic E-state index is 0.00470. The average molecular weight is 636 g/mol. The van der Waals surface area contributed by atoms with Crippen molar-refractivity contribution in [1.29, 1.82) is 0 Å². The second-order valence-corrected chi connectivity index (χ2v) is 9.32. The quantitative estimate of drug-likeness (QED) is 0.160. The van der Waals surface area contributed by atoms with Gasteiger partial charge in [0, 0.05) is 17.8 Å². The number of carbonyl (C=O) groups is 2. The van der Waals surface area contributed by atoms with Crippen LogP contribution in [0, 0.1) is 11.6 Å². The maximum absolute atomic E-state index is 14.7. The van der Waals surface area contributed by atoms with Crippen LogP contribution in [0.25, 0.3) is 22.2 Å². The van der Waals surface area contributed by atoms with E-state index in [-0.39, 0.29) is 34.3 Å². The lowest BCUT2D eigenvalue weighted by Crippen LogP contribution is -2.21. The Bertz CT molecular complexity index is 1800. The van der Waals surface area contributed by atoms with E-state index in [0.717, 1.165) is 17.4 Å². The molecule has 0 aliphatic heterocycles. The van der Waals surface area contributed by atoms with Crippen molar-refractivity contribution in [3.8, 4) is 27.9 Å². The van der Waals surface area contributed by atoms with Crippen LogP contribution in [0.4, 0.5) is 44.3 Å². The van der Waals surface area contributed by atoms with Crippen molar-refractivity contribution in [1.82, 2.24) is 20.1 Å². The summed E-state index contributed by atoms with van der Waals surface area (Å²) in [5.74, 6) is -4.89. The largest absolute Gasteiger partial charge is 0.497 e. The van der Waals surface area contributed by atoms with E-state index >= 15 is 0 Å². The number of alkyl halides is 3. The number of nitrogens with zero attached hydrogens (tertiary/aromatic N) is 4. The van der Waals surface area contributed by atoms with Crippen molar-refractivity contribution in [2.45, 2.75) is 6.18 Å². The summed E-state index contributed by atoms with van der Waals surface area (Å²) in [7, 11) is 1.46. The molecule has 0 aliphatic carbocycles. The highest BCUT2D eigenvalue weighted by Gasteiger charge is 2.38. The zero-order valence-electron chi connectivity index (χ0n) is 22.0. The number of aromatic nitrogens is 4. The third kappa shape index (κ3) is 7.59. The molecule has 1 amide bonds. The lowest BCUT2D eigenvalue weighted by molar-refractivity contribution is -0.192. The highest BCUT2D eigenvalue weighted by atomic mass is 32.1. The number of halogens is 5. The molecule has 5 N–H and O–H groups in total. The Labute approximate surface area is 247 Å². The number of amides is 1. The molecule has 5 rings (SSSR count). The third-order valence-electron chi connectivity index (χ3n) is 5.31. The summed E-state index contributed by atoms with van der Waals surface area (Å²) in [5, 5.41) is 16.9. The third-order valence-corrected chi connectivity index (χ3v) is 6.28. The standard InChI is InChI=1S/C24H17F2N7O3S.C2HF3O2/c1-35-14-6-2-4-12(8-14)22(34)30-18-9-15(16(25)10-17(18)26)21-32-23(36-33-21)19-20(27)31-24(37-19)29-13-5-3-7-28-11-13;3-2(4,5)1(6)7/h2-11H,27H2,1H3,(H,29,31)(H,30,34);(H,6,7). The first-order valence-electron chi connectivity index (χ1n) is 11.9. The van der Waals surface area contributed by atoms with Crippen LogP contribution in [0.1, 0.15) is 10.4 Å². The summed E-state index contributed by atoms with van der Waals surface area (Å²) in [6.45, 7) is 0. The molecule has 0 spiro atoms. The summed E-state index contributed by atoms with van der Waals surface area (Å²) in [6.07, 6.45) is -1.83. The van der Waals surface area contributed by atoms with Gasteiger partial charge in [-0.25, -0.2) is 18.6 Å². The molecule has 0 saturated heterocycles. The number of carboxylic acids is 1. The van der Waals surface area contributed by atoms with Crippen LogP contribution < -0.4 is 21.1 Å². The number of ether oxygens (including phenoxy) is 1. The molecule has 0 fully saturated rings. The van der Waals surface area contributed by atoms with Gasteiger partial charge in [0.2, 0.25) is 5.82 Å². The normalized spacial score (nSPS) is 10.9. The van der Waals surface area contributed by atoms with Crippen molar-refractivity contribution in [3.63, 3.8) is 0 Å². The highest BCUT2D eigenvalue weighted by molar-refractivity contribution is 7.19. The first-order chi connectivity index (χ1) is 20.8. The van der Waals surface area contributed by atoms with E-state index in [1.54, 1.807) is 36.7 Å². The molecular weight excluding hydrogens is 617 g/mol. The van der Waals surface area contributed by atoms with E-state index in [1.807, 2.05) is 0 Å². The van der Waals surface area contributed by atoms with Crippen LogP contribution in [0.3, 0.4) is 0 Å². The van der Waals surface area contributed by atoms with Crippen LogP contribution in [-0.4, -0.2) is 50.4 Å². The van der Waals surface area contributed by atoms with Gasteiger partial charge in [-0.3, -0.25) is 9.78 Å². The number of nitrogens with one attached hydrogen (secondary N) is 2. The van der Waals surface area contributed by atoms with Crippen LogP contribution >= 0.6 is 11.3 Å². The van der Waals surface area contributed by atoms with E-state index in [0.29, 0.717) is 27.5 Å². The van der Waals surface area contributed by atoms with Gasteiger partial charge in [0.15, 0.2) is 5.13 Å². The number of anilines is 4. The molecule has 0 unspecified atom stereocenters. The van der Waals surface area contributed by atoms with Gasteiger partial charge >= 0.3 is 12.1 Å². The minimum atomic E-state index is -5.08. The number of carbonyl (C=O) groups excluding carboxylic acids is 1. The second-order valence-electron chi connectivity index (χ2n) is 8.32. The van der Waals surface area contributed by atoms with Crippen molar-refractivity contribution in [2.75, 3.05) is 23.5 Å². The Hall–Kier alpha value is -5.65. The lowest BCUT2D eigenvalue weighted by atomic mass is 10.1. The monoisotopic (exact) mass is 635 g/mol. The number of rotatable bonds is 7. The van der Waals surface area contributed by atoms with Crippen molar-refractivity contribution < 1.29 is 45.9 Å². The summed E-state index contributed by atoms with van der Waals surface area (Å²) in [4.78, 5) is 34.3. The van der Waals surface area contributed by atoms with Gasteiger partial charge in [-0.15, -0.1) is 0 Å². The van der Waals surface area contributed by atoms with Gasteiger partial charge in [0.25, 0.3) is 11.8 Å². The number of nitrogens with two attached hydrogens (primary N) is 1. The summed E-state index contributed by atoms with van der Waals surface area (Å²) < 4.78 is 71.3. The Morgan fingerprint density at radius 3 is 2.48 bits per heavy atom. The fourth-order valence-electron chi connectivity index (χ4n) is 3.30. The zero-order valence-corrected chi connectivity index (χ0v) is 22.8. The zero-order chi connectivity index (χ0) is 32.0. The maximum atomic E-state index is 14.7. The SMILES string of the molecule is COc1cccc(C(=O)Nc2cc(-c3noc(-c4sc(Nc5cccnc5)nc4N)n3)c(F)cc2F)c1.O=C(O)C(F)(F)F. The Kier molecular flexibility index (Phi) is 9.32. The van der Waals surface area contributed by atoms with Crippen LogP contribution in [-0.2, 0) is 4.79 Å². The predicted octanol–water partition coefficient (Wildman–Crippen LogP) is 5.75. The molecule has 0 aliphatic rings. The van der Waals surface area contributed by atoms with Crippen LogP contribution in [0.15, 0.2) is 65.4 Å². The molecule has 3 aromatic heterocycles. The van der Waals surface area contributed by atoms with Gasteiger partial charge in [-0.2, -0.15) is 18.2 Å². The van der Waals surface area contributed by atoms with Crippen LogP contribution in [0.2, 0.25) is 0 Å². The molecule has 3 heterocycles. The van der Waals surface area contributed by atoms with Crippen molar-refractivity contribution in [2.24, 2.45) is 0 Å². The van der Waals surface area contributed by atoms with Crippen molar-refractivity contribution >= 4 is 45.5 Å². The van der Waals surface area contributed by atoms with Gasteiger partial charge < -0.3 is 30.7 Å². The number of methoxy groups -OCH3 is 1. The van der Waals surface area contributed by atoms with E-state index in [2.05, 4.69) is 30.7 Å². The number of aliphatic carboxylic acids is 1. The number of hydrogen-bond acceptors (Lipinski definition) is 11. The molecule has 5 aromatic rings. The fraction of sp³-hybridized carbons (Fsp3) is 0.0769. The highest BCUT2D eigenvalue weighted by Crippen LogP contribution is 2.36. The topological polar surface area (TPSA) is 178 Å². The van der Waals surface area contributed by atoms with E-state index in [9.17, 15) is 26.7 Å². The molecule has 18 heteroatoms. The number of pyridine rings is 1. The Morgan fingerprint density at radius 1 is 1.07 bits per heavy atom. The first-order valence-corrected chi connectivity index (χ1v) is 12.7. The number of benzene rings is 2. The molecule has 0 bridgehead atoms. The van der Waals surface area contributed by atoms with E-state index < -0.39 is 29.7 Å². The number of carboxylic acid groups (broad SMARTS) is 1.